The fraction of sp³-hybridized carbons (Fsp3) is 0.667. The van der Waals surface area contributed by atoms with E-state index in [9.17, 15) is 13.2 Å². The van der Waals surface area contributed by atoms with E-state index in [0.29, 0.717) is 6.54 Å². The maximum absolute atomic E-state index is 12.5. The Balaban J connectivity index is 2.84. The average Bonchev–Trinajstić information content (AvgIpc) is 2.69. The van der Waals surface area contributed by atoms with E-state index in [2.05, 4.69) is 30.8 Å². The number of hydrogen-bond acceptors (Lipinski definition) is 4. The van der Waals surface area contributed by atoms with Crippen molar-refractivity contribution >= 4 is 27.3 Å². The molecule has 126 valence electrons. The maximum Gasteiger partial charge on any atom is 0.250 e. The summed E-state index contributed by atoms with van der Waals surface area (Å²) in [5.41, 5.74) is -0.503. The van der Waals surface area contributed by atoms with Crippen molar-refractivity contribution in [1.29, 1.82) is 0 Å². The molecule has 1 rings (SSSR count). The maximum atomic E-state index is 12.5. The van der Waals surface area contributed by atoms with Gasteiger partial charge < -0.3 is 5.32 Å². The summed E-state index contributed by atoms with van der Waals surface area (Å²) in [6.45, 7) is 11.8. The van der Waals surface area contributed by atoms with Gasteiger partial charge in [0.15, 0.2) is 0 Å². The molecule has 1 aromatic rings. The highest BCUT2D eigenvalue weighted by molar-refractivity contribution is 7.91. The van der Waals surface area contributed by atoms with E-state index in [4.69, 9.17) is 0 Å². The number of carbonyl (C=O) groups excluding carboxylic acids is 1. The number of rotatable bonds is 6. The molecular weight excluding hydrogens is 320 g/mol. The fourth-order valence-electron chi connectivity index (χ4n) is 2.59. The molecule has 1 amide bonds. The second-order valence-corrected chi connectivity index (χ2v) is 10.4. The molecule has 1 heterocycles. The number of hydrogen-bond donors (Lipinski definition) is 2. The molecule has 0 spiro atoms. The van der Waals surface area contributed by atoms with Crippen molar-refractivity contribution in [3.8, 4) is 0 Å². The van der Waals surface area contributed by atoms with Crippen molar-refractivity contribution in [3.05, 3.63) is 17.0 Å². The molecule has 0 atom stereocenters. The number of sulfonamides is 1. The van der Waals surface area contributed by atoms with Crippen molar-refractivity contribution in [2.75, 3.05) is 0 Å². The summed E-state index contributed by atoms with van der Waals surface area (Å²) in [6.07, 6.45) is 0.726. The number of amides is 1. The predicted molar refractivity (Wildman–Crippen MR) is 90.3 cm³/mol. The lowest BCUT2D eigenvalue weighted by molar-refractivity contribution is -0.119. The lowest BCUT2D eigenvalue weighted by atomic mass is 9.82. The zero-order chi connectivity index (χ0) is 17.2. The number of carbonyl (C=O) groups is 1. The van der Waals surface area contributed by atoms with Crippen LogP contribution in [0.5, 0.6) is 0 Å². The van der Waals surface area contributed by atoms with Gasteiger partial charge in [-0.2, -0.15) is 0 Å². The van der Waals surface area contributed by atoms with Crippen LogP contribution < -0.4 is 10.0 Å². The summed E-state index contributed by atoms with van der Waals surface area (Å²) in [7, 11) is -3.55. The predicted octanol–water partition coefficient (Wildman–Crippen LogP) is 2.88. The molecule has 0 radical (unpaired) electrons. The third-order valence-corrected chi connectivity index (χ3v) is 6.07. The molecule has 1 aromatic heterocycles. The highest BCUT2D eigenvalue weighted by Gasteiger charge is 2.31. The second-order valence-electron chi connectivity index (χ2n) is 7.36. The van der Waals surface area contributed by atoms with Crippen molar-refractivity contribution in [2.24, 2.45) is 5.41 Å². The van der Waals surface area contributed by atoms with E-state index in [1.54, 1.807) is 12.1 Å². The second kappa shape index (κ2) is 6.68. The van der Waals surface area contributed by atoms with Gasteiger partial charge >= 0.3 is 0 Å². The normalized spacial score (nSPS) is 13.2. The molecule has 5 nitrogen and oxygen atoms in total. The molecule has 0 aliphatic heterocycles. The Bertz CT molecular complexity index is 625. The Hall–Kier alpha value is -0.920. The standard InChI is InChI=1S/C15H26N2O3S2/c1-11(18)16-9-12-7-8-13(21-12)22(19,20)17-15(5,6)10-14(2,3)4/h7-8,17H,9-10H2,1-6H3,(H,16,18). The number of nitrogens with one attached hydrogen (secondary N) is 2. The molecule has 22 heavy (non-hydrogen) atoms. The topological polar surface area (TPSA) is 75.3 Å². The van der Waals surface area contributed by atoms with Gasteiger partial charge in [-0.1, -0.05) is 20.8 Å². The van der Waals surface area contributed by atoms with Gasteiger partial charge in [0, 0.05) is 17.3 Å². The van der Waals surface area contributed by atoms with Crippen LogP contribution in [0, 0.1) is 5.41 Å². The Morgan fingerprint density at radius 3 is 2.27 bits per heavy atom. The molecule has 0 saturated heterocycles. The SMILES string of the molecule is CC(=O)NCc1ccc(S(=O)(=O)NC(C)(C)CC(C)(C)C)s1. The van der Waals surface area contributed by atoms with Crippen LogP contribution in [0.2, 0.25) is 0 Å². The minimum Gasteiger partial charge on any atom is -0.351 e. The smallest absolute Gasteiger partial charge is 0.250 e. The summed E-state index contributed by atoms with van der Waals surface area (Å²) in [6, 6.07) is 3.31. The first-order chi connectivity index (χ1) is 9.81. The van der Waals surface area contributed by atoms with E-state index in [1.807, 2.05) is 13.8 Å². The lowest BCUT2D eigenvalue weighted by Crippen LogP contribution is -2.45. The minimum absolute atomic E-state index is 0.0258. The Morgan fingerprint density at radius 1 is 1.18 bits per heavy atom. The van der Waals surface area contributed by atoms with E-state index >= 15 is 0 Å². The zero-order valence-corrected chi connectivity index (χ0v) is 15.7. The van der Waals surface area contributed by atoms with Crippen molar-refractivity contribution < 1.29 is 13.2 Å². The van der Waals surface area contributed by atoms with Crippen LogP contribution in [0.3, 0.4) is 0 Å². The molecule has 7 heteroatoms. The van der Waals surface area contributed by atoms with E-state index in [1.165, 1.54) is 18.3 Å². The summed E-state index contributed by atoms with van der Waals surface area (Å²) in [5.74, 6) is -0.137. The zero-order valence-electron chi connectivity index (χ0n) is 14.1. The quantitative estimate of drug-likeness (QED) is 0.831. The first-order valence-corrected chi connectivity index (χ1v) is 9.48. The van der Waals surface area contributed by atoms with E-state index in [-0.39, 0.29) is 15.5 Å². The van der Waals surface area contributed by atoms with Crippen molar-refractivity contribution in [3.63, 3.8) is 0 Å². The molecule has 0 bridgehead atoms. The Labute approximate surface area is 137 Å². The van der Waals surface area contributed by atoms with Crippen LogP contribution in [0.4, 0.5) is 0 Å². The van der Waals surface area contributed by atoms with Crippen LogP contribution in [0.25, 0.3) is 0 Å². The van der Waals surface area contributed by atoms with Gasteiger partial charge in [-0.05, 0) is 37.8 Å². The lowest BCUT2D eigenvalue weighted by Gasteiger charge is -2.32. The van der Waals surface area contributed by atoms with Gasteiger partial charge in [0.25, 0.3) is 10.0 Å². The summed E-state index contributed by atoms with van der Waals surface area (Å²) >= 11 is 1.18. The molecule has 0 aliphatic carbocycles. The number of thiophene rings is 1. The van der Waals surface area contributed by atoms with E-state index < -0.39 is 15.6 Å². The van der Waals surface area contributed by atoms with Gasteiger partial charge in [0.2, 0.25) is 5.91 Å². The third kappa shape index (κ3) is 6.46. The molecule has 2 N–H and O–H groups in total. The Morgan fingerprint density at radius 2 is 1.77 bits per heavy atom. The highest BCUT2D eigenvalue weighted by Crippen LogP contribution is 2.29. The summed E-state index contributed by atoms with van der Waals surface area (Å²) in [4.78, 5) is 11.7. The Kier molecular flexibility index (Phi) is 5.81. The van der Waals surface area contributed by atoms with Crippen LogP contribution in [-0.4, -0.2) is 19.9 Å². The molecule has 0 fully saturated rings. The van der Waals surface area contributed by atoms with E-state index in [0.717, 1.165) is 11.3 Å². The van der Waals surface area contributed by atoms with Gasteiger partial charge in [-0.15, -0.1) is 11.3 Å². The summed E-state index contributed by atoms with van der Waals surface area (Å²) < 4.78 is 28.0. The molecular formula is C15H26N2O3S2. The first-order valence-electron chi connectivity index (χ1n) is 7.18. The fourth-order valence-corrected chi connectivity index (χ4v) is 5.29. The summed E-state index contributed by atoms with van der Waals surface area (Å²) in [5, 5.41) is 2.66. The first kappa shape index (κ1) is 19.1. The van der Waals surface area contributed by atoms with Crippen LogP contribution in [0.15, 0.2) is 16.3 Å². The van der Waals surface area contributed by atoms with Gasteiger partial charge in [0.05, 0.1) is 6.54 Å². The molecule has 0 unspecified atom stereocenters. The average molecular weight is 347 g/mol. The minimum atomic E-state index is -3.55. The monoisotopic (exact) mass is 346 g/mol. The van der Waals surface area contributed by atoms with Crippen molar-refractivity contribution in [2.45, 2.75) is 64.3 Å². The largest absolute Gasteiger partial charge is 0.351 e. The highest BCUT2D eigenvalue weighted by atomic mass is 32.2. The van der Waals surface area contributed by atoms with Crippen LogP contribution in [-0.2, 0) is 21.4 Å². The molecule has 0 saturated carbocycles. The molecule has 0 aromatic carbocycles. The van der Waals surface area contributed by atoms with Crippen LogP contribution >= 0.6 is 11.3 Å². The van der Waals surface area contributed by atoms with Gasteiger partial charge in [0.1, 0.15) is 4.21 Å². The van der Waals surface area contributed by atoms with Crippen molar-refractivity contribution in [1.82, 2.24) is 10.0 Å². The third-order valence-electron chi connectivity index (χ3n) is 2.80. The van der Waals surface area contributed by atoms with Gasteiger partial charge in [-0.25, -0.2) is 13.1 Å². The van der Waals surface area contributed by atoms with Gasteiger partial charge in [-0.3, -0.25) is 4.79 Å². The molecule has 0 aliphatic rings. The van der Waals surface area contributed by atoms with Crippen LogP contribution in [0.1, 0.15) is 52.8 Å².